The summed E-state index contributed by atoms with van der Waals surface area (Å²) in [5.74, 6) is -0.117. The third kappa shape index (κ3) is 3.53. The Bertz CT molecular complexity index is 1190. The van der Waals surface area contributed by atoms with E-state index in [1.54, 1.807) is 23.2 Å². The van der Waals surface area contributed by atoms with Crippen LogP contribution < -0.4 is 0 Å². The number of benzene rings is 1. The molecule has 0 saturated carbocycles. The first-order valence-corrected chi connectivity index (χ1v) is 10.3. The van der Waals surface area contributed by atoms with Gasteiger partial charge in [0.1, 0.15) is 12.4 Å². The number of hydrogen-bond acceptors (Lipinski definition) is 4. The average molecular weight is 445 g/mol. The topological polar surface area (TPSA) is 63.9 Å². The molecular weight excluding hydrogens is 426 g/mol. The van der Waals surface area contributed by atoms with Crippen LogP contribution in [0.1, 0.15) is 41.5 Å². The van der Waals surface area contributed by atoms with Gasteiger partial charge in [-0.1, -0.05) is 0 Å². The Balaban J connectivity index is 1.39. The molecule has 5 rings (SSSR count). The van der Waals surface area contributed by atoms with Crippen molar-refractivity contribution in [2.45, 2.75) is 51.0 Å². The van der Waals surface area contributed by atoms with Gasteiger partial charge in [0, 0.05) is 35.5 Å². The molecule has 2 unspecified atom stereocenters. The summed E-state index contributed by atoms with van der Waals surface area (Å²) in [4.78, 5) is 23.9. The van der Waals surface area contributed by atoms with Crippen LogP contribution in [0.3, 0.4) is 0 Å². The predicted octanol–water partition coefficient (Wildman–Crippen LogP) is 4.09. The van der Waals surface area contributed by atoms with E-state index in [-0.39, 0.29) is 36.0 Å². The molecule has 2 bridgehead atoms. The van der Waals surface area contributed by atoms with E-state index in [0.29, 0.717) is 17.8 Å². The van der Waals surface area contributed by atoms with Gasteiger partial charge in [-0.2, -0.15) is 18.3 Å². The van der Waals surface area contributed by atoms with Gasteiger partial charge >= 0.3 is 6.18 Å². The number of amides is 1. The van der Waals surface area contributed by atoms with Crippen molar-refractivity contribution in [2.24, 2.45) is 0 Å². The number of alkyl halides is 3. The van der Waals surface area contributed by atoms with E-state index in [1.807, 2.05) is 0 Å². The van der Waals surface area contributed by atoms with Gasteiger partial charge < -0.3 is 4.90 Å². The number of aryl methyl sites for hydroxylation is 1. The second kappa shape index (κ2) is 7.39. The molecule has 2 aromatic heterocycles. The molecular formula is C22H19F4N5O. The van der Waals surface area contributed by atoms with E-state index >= 15 is 0 Å². The molecule has 2 aliphatic rings. The van der Waals surface area contributed by atoms with E-state index < -0.39 is 11.9 Å². The zero-order valence-electron chi connectivity index (χ0n) is 17.1. The highest BCUT2D eigenvalue weighted by Crippen LogP contribution is 2.43. The molecule has 0 aliphatic carbocycles. The summed E-state index contributed by atoms with van der Waals surface area (Å²) < 4.78 is 53.1. The molecule has 4 heterocycles. The molecule has 0 radical (unpaired) electrons. The molecule has 1 saturated heterocycles. The van der Waals surface area contributed by atoms with Gasteiger partial charge in [0.2, 0.25) is 5.91 Å². The van der Waals surface area contributed by atoms with Gasteiger partial charge in [-0.3, -0.25) is 9.48 Å². The first kappa shape index (κ1) is 20.6. The van der Waals surface area contributed by atoms with Crippen LogP contribution in [0.5, 0.6) is 0 Å². The van der Waals surface area contributed by atoms with Gasteiger partial charge in [0.25, 0.3) is 0 Å². The van der Waals surface area contributed by atoms with Crippen molar-refractivity contribution >= 4 is 5.91 Å². The van der Waals surface area contributed by atoms with Gasteiger partial charge in [-0.05, 0) is 50.1 Å². The monoisotopic (exact) mass is 445 g/mol. The Hall–Kier alpha value is -3.30. The summed E-state index contributed by atoms with van der Waals surface area (Å²) in [6.45, 7) is 1.25. The molecule has 1 fully saturated rings. The highest BCUT2D eigenvalue weighted by atomic mass is 19.4. The van der Waals surface area contributed by atoms with Crippen LogP contribution in [-0.4, -0.2) is 36.6 Å². The molecule has 3 aromatic rings. The van der Waals surface area contributed by atoms with Gasteiger partial charge in [0.15, 0.2) is 11.5 Å². The Labute approximate surface area is 180 Å². The second-order valence-electron chi connectivity index (χ2n) is 8.18. The zero-order chi connectivity index (χ0) is 22.6. The normalized spacial score (nSPS) is 19.8. The van der Waals surface area contributed by atoms with E-state index in [4.69, 9.17) is 0 Å². The van der Waals surface area contributed by atoms with Crippen LogP contribution in [0, 0.1) is 12.7 Å². The minimum Gasteiger partial charge on any atom is -0.331 e. The molecule has 10 heteroatoms. The van der Waals surface area contributed by atoms with Crippen LogP contribution in [0.15, 0.2) is 36.5 Å². The molecule has 2 aliphatic heterocycles. The largest absolute Gasteiger partial charge is 0.435 e. The maximum Gasteiger partial charge on any atom is 0.435 e. The lowest BCUT2D eigenvalue weighted by molar-refractivity contribution is -0.142. The summed E-state index contributed by atoms with van der Waals surface area (Å²) in [5, 5.41) is 3.57. The number of halogens is 4. The lowest BCUT2D eigenvalue weighted by Gasteiger charge is -2.35. The summed E-state index contributed by atoms with van der Waals surface area (Å²) in [5.41, 5.74) is 1.69. The molecule has 32 heavy (non-hydrogen) atoms. The minimum atomic E-state index is -4.55. The molecule has 2 atom stereocenters. The summed E-state index contributed by atoms with van der Waals surface area (Å²) in [6.07, 6.45) is -0.782. The van der Waals surface area contributed by atoms with E-state index in [0.717, 1.165) is 34.8 Å². The molecule has 1 amide bonds. The van der Waals surface area contributed by atoms with Gasteiger partial charge in [0.05, 0.1) is 11.7 Å². The fourth-order valence-electron chi connectivity index (χ4n) is 4.61. The predicted molar refractivity (Wildman–Crippen MR) is 106 cm³/mol. The number of nitrogens with zero attached hydrogens (tertiary/aromatic N) is 5. The zero-order valence-corrected chi connectivity index (χ0v) is 17.1. The van der Waals surface area contributed by atoms with Crippen LogP contribution in [0.4, 0.5) is 17.6 Å². The highest BCUT2D eigenvalue weighted by molar-refractivity contribution is 5.78. The van der Waals surface area contributed by atoms with Gasteiger partial charge in [-0.25, -0.2) is 14.4 Å². The number of carbonyl (C=O) groups is 1. The molecule has 0 spiro atoms. The third-order valence-corrected chi connectivity index (χ3v) is 6.14. The van der Waals surface area contributed by atoms with Crippen LogP contribution >= 0.6 is 0 Å². The maximum absolute atomic E-state index is 13.2. The second-order valence-corrected chi connectivity index (χ2v) is 8.18. The van der Waals surface area contributed by atoms with Crippen LogP contribution in [0.2, 0.25) is 0 Å². The Morgan fingerprint density at radius 3 is 2.62 bits per heavy atom. The van der Waals surface area contributed by atoms with Gasteiger partial charge in [-0.15, -0.1) is 0 Å². The first-order valence-electron chi connectivity index (χ1n) is 10.3. The summed E-state index contributed by atoms with van der Waals surface area (Å²) in [6, 6.07) is 6.59. The van der Waals surface area contributed by atoms with Crippen molar-refractivity contribution in [1.29, 1.82) is 0 Å². The van der Waals surface area contributed by atoms with E-state index in [2.05, 4.69) is 15.1 Å². The number of fused-ring (bicyclic) bond motifs is 4. The molecule has 0 N–H and O–H groups in total. The average Bonchev–Trinajstić information content (AvgIpc) is 3.27. The van der Waals surface area contributed by atoms with E-state index in [1.165, 1.54) is 19.1 Å². The fourth-order valence-corrected chi connectivity index (χ4v) is 4.61. The summed E-state index contributed by atoms with van der Waals surface area (Å²) in [7, 11) is 0. The first-order chi connectivity index (χ1) is 15.2. The van der Waals surface area contributed by atoms with Crippen molar-refractivity contribution < 1.29 is 22.4 Å². The standard InChI is InChI=1S/C22H19F4N5O/c1-12-8-19(22(24,25)26)29-30(12)11-20(32)31-15-6-7-18(31)16-10-27-21(28-17(16)9-15)13-2-4-14(23)5-3-13/h2-5,8,10,15,18H,6-7,9,11H2,1H3. The van der Waals surface area contributed by atoms with Crippen molar-refractivity contribution in [1.82, 2.24) is 24.6 Å². The smallest absolute Gasteiger partial charge is 0.331 e. The maximum atomic E-state index is 13.2. The Morgan fingerprint density at radius 1 is 1.19 bits per heavy atom. The third-order valence-electron chi connectivity index (χ3n) is 6.14. The Morgan fingerprint density at radius 2 is 1.94 bits per heavy atom. The van der Waals surface area contributed by atoms with Crippen molar-refractivity contribution in [3.63, 3.8) is 0 Å². The van der Waals surface area contributed by atoms with Crippen LogP contribution in [-0.2, 0) is 23.9 Å². The number of carbonyl (C=O) groups excluding carboxylic acids is 1. The summed E-state index contributed by atoms with van der Waals surface area (Å²) >= 11 is 0. The van der Waals surface area contributed by atoms with Crippen LogP contribution in [0.25, 0.3) is 11.4 Å². The lowest BCUT2D eigenvalue weighted by atomic mass is 9.98. The number of aromatic nitrogens is 4. The molecule has 1 aromatic carbocycles. The van der Waals surface area contributed by atoms with Crippen molar-refractivity contribution in [3.8, 4) is 11.4 Å². The SMILES string of the molecule is Cc1cc(C(F)(F)F)nn1CC(=O)N1C2CCC1c1cnc(-c3ccc(F)cc3)nc1C2. The van der Waals surface area contributed by atoms with E-state index in [9.17, 15) is 22.4 Å². The molecule has 6 nitrogen and oxygen atoms in total. The fraction of sp³-hybridized carbons (Fsp3) is 0.364. The van der Waals surface area contributed by atoms with Crippen molar-refractivity contribution in [3.05, 3.63) is 65.0 Å². The quantitative estimate of drug-likeness (QED) is 0.570. The highest BCUT2D eigenvalue weighted by Gasteiger charge is 2.43. The van der Waals surface area contributed by atoms with Crippen molar-refractivity contribution in [2.75, 3.05) is 0 Å². The lowest BCUT2D eigenvalue weighted by Crippen LogP contribution is -2.44. The molecule has 166 valence electrons. The number of hydrogen-bond donors (Lipinski definition) is 0. The minimum absolute atomic E-state index is 0.0751. The number of rotatable bonds is 3. The Kier molecular flexibility index (Phi) is 4.75.